The SMILES string of the molecule is c1ccc(OCC2CCCN3CCCCC23)cc1. The van der Waals surface area contributed by atoms with E-state index in [9.17, 15) is 0 Å². The maximum absolute atomic E-state index is 5.97. The first-order chi connectivity index (χ1) is 8.93. The predicted molar refractivity (Wildman–Crippen MR) is 73.9 cm³/mol. The average molecular weight is 245 g/mol. The lowest BCUT2D eigenvalue weighted by Crippen LogP contribution is -2.49. The molecule has 2 heteroatoms. The Kier molecular flexibility index (Phi) is 3.84. The number of rotatable bonds is 3. The second-order valence-electron chi connectivity index (χ2n) is 5.63. The summed E-state index contributed by atoms with van der Waals surface area (Å²) in [5.41, 5.74) is 0. The number of nitrogens with zero attached hydrogens (tertiary/aromatic N) is 1. The first-order valence-electron chi connectivity index (χ1n) is 7.35. The van der Waals surface area contributed by atoms with Gasteiger partial charge in [-0.2, -0.15) is 0 Å². The molecule has 98 valence electrons. The van der Waals surface area contributed by atoms with Gasteiger partial charge < -0.3 is 4.74 Å². The van der Waals surface area contributed by atoms with Crippen molar-refractivity contribution in [3.63, 3.8) is 0 Å². The van der Waals surface area contributed by atoms with Crippen molar-refractivity contribution in [3.05, 3.63) is 30.3 Å². The van der Waals surface area contributed by atoms with Gasteiger partial charge in [0.1, 0.15) is 5.75 Å². The lowest BCUT2D eigenvalue weighted by molar-refractivity contribution is 0.0366. The molecule has 2 heterocycles. The van der Waals surface area contributed by atoms with Crippen molar-refractivity contribution in [2.45, 2.75) is 38.1 Å². The van der Waals surface area contributed by atoms with Crippen LogP contribution < -0.4 is 4.74 Å². The van der Waals surface area contributed by atoms with Crippen LogP contribution in [0.3, 0.4) is 0 Å². The summed E-state index contributed by atoms with van der Waals surface area (Å²) >= 11 is 0. The predicted octanol–water partition coefficient (Wildman–Crippen LogP) is 3.33. The summed E-state index contributed by atoms with van der Waals surface area (Å²) in [7, 11) is 0. The molecule has 2 unspecified atom stereocenters. The van der Waals surface area contributed by atoms with E-state index in [-0.39, 0.29) is 0 Å². The van der Waals surface area contributed by atoms with Gasteiger partial charge >= 0.3 is 0 Å². The average Bonchev–Trinajstić information content (AvgIpc) is 2.46. The largest absolute Gasteiger partial charge is 0.493 e. The zero-order valence-corrected chi connectivity index (χ0v) is 11.1. The lowest BCUT2D eigenvalue weighted by atomic mass is 9.84. The Bertz CT molecular complexity index is 363. The van der Waals surface area contributed by atoms with Crippen molar-refractivity contribution in [1.29, 1.82) is 0 Å². The van der Waals surface area contributed by atoms with Crippen molar-refractivity contribution in [3.8, 4) is 5.75 Å². The molecule has 18 heavy (non-hydrogen) atoms. The molecule has 0 bridgehead atoms. The third-order valence-corrected chi connectivity index (χ3v) is 4.44. The minimum absolute atomic E-state index is 0.735. The molecule has 2 nitrogen and oxygen atoms in total. The van der Waals surface area contributed by atoms with Gasteiger partial charge in [0, 0.05) is 12.0 Å². The number of piperidine rings is 2. The van der Waals surface area contributed by atoms with Crippen LogP contribution in [0.1, 0.15) is 32.1 Å². The van der Waals surface area contributed by atoms with Gasteiger partial charge in [-0.05, 0) is 50.9 Å². The quantitative estimate of drug-likeness (QED) is 0.810. The van der Waals surface area contributed by atoms with Crippen LogP contribution in [0.2, 0.25) is 0 Å². The first-order valence-corrected chi connectivity index (χ1v) is 7.35. The molecule has 0 amide bonds. The molecule has 1 aromatic carbocycles. The molecular weight excluding hydrogens is 222 g/mol. The van der Waals surface area contributed by atoms with Gasteiger partial charge in [-0.3, -0.25) is 4.90 Å². The van der Waals surface area contributed by atoms with Crippen LogP contribution in [0.5, 0.6) is 5.75 Å². The van der Waals surface area contributed by atoms with Crippen LogP contribution in [0.25, 0.3) is 0 Å². The summed E-state index contributed by atoms with van der Waals surface area (Å²) in [5, 5.41) is 0. The van der Waals surface area contributed by atoms with Gasteiger partial charge in [0.2, 0.25) is 0 Å². The minimum atomic E-state index is 0.735. The molecule has 2 fully saturated rings. The normalized spacial score (nSPS) is 28.7. The molecule has 0 radical (unpaired) electrons. The highest BCUT2D eigenvalue weighted by atomic mass is 16.5. The second kappa shape index (κ2) is 5.75. The van der Waals surface area contributed by atoms with Crippen molar-refractivity contribution < 1.29 is 4.74 Å². The van der Waals surface area contributed by atoms with E-state index in [0.29, 0.717) is 0 Å². The maximum atomic E-state index is 5.97. The Labute approximate surface area is 110 Å². The van der Waals surface area contributed by atoms with Crippen molar-refractivity contribution in [2.24, 2.45) is 5.92 Å². The Hall–Kier alpha value is -1.02. The van der Waals surface area contributed by atoms with Gasteiger partial charge in [0.25, 0.3) is 0 Å². The van der Waals surface area contributed by atoms with Crippen LogP contribution >= 0.6 is 0 Å². The third-order valence-electron chi connectivity index (χ3n) is 4.44. The molecule has 2 aliphatic rings. The topological polar surface area (TPSA) is 12.5 Å². The van der Waals surface area contributed by atoms with Gasteiger partial charge in [-0.15, -0.1) is 0 Å². The lowest BCUT2D eigenvalue weighted by Gasteiger charge is -2.44. The molecule has 0 aliphatic carbocycles. The van der Waals surface area contributed by atoms with E-state index in [4.69, 9.17) is 4.74 Å². The summed E-state index contributed by atoms with van der Waals surface area (Å²) in [4.78, 5) is 2.70. The molecule has 2 atom stereocenters. The zero-order valence-electron chi connectivity index (χ0n) is 11.1. The van der Waals surface area contributed by atoms with Gasteiger partial charge in [-0.1, -0.05) is 24.6 Å². The smallest absolute Gasteiger partial charge is 0.119 e. The number of hydrogen-bond acceptors (Lipinski definition) is 2. The van der Waals surface area contributed by atoms with Gasteiger partial charge in [-0.25, -0.2) is 0 Å². The Morgan fingerprint density at radius 1 is 1.00 bits per heavy atom. The van der Waals surface area contributed by atoms with E-state index in [2.05, 4.69) is 17.0 Å². The molecule has 1 aromatic rings. The third kappa shape index (κ3) is 2.69. The van der Waals surface area contributed by atoms with Crippen LogP contribution in [0, 0.1) is 5.92 Å². The van der Waals surface area contributed by atoms with E-state index in [0.717, 1.165) is 24.3 Å². The second-order valence-corrected chi connectivity index (χ2v) is 5.63. The fourth-order valence-electron chi connectivity index (χ4n) is 3.49. The Morgan fingerprint density at radius 3 is 2.72 bits per heavy atom. The highest BCUT2D eigenvalue weighted by molar-refractivity contribution is 5.20. The van der Waals surface area contributed by atoms with Crippen molar-refractivity contribution in [2.75, 3.05) is 19.7 Å². The molecule has 2 saturated heterocycles. The van der Waals surface area contributed by atoms with E-state index >= 15 is 0 Å². The first kappa shape index (κ1) is 12.0. The van der Waals surface area contributed by atoms with Gasteiger partial charge in [0.05, 0.1) is 6.61 Å². The van der Waals surface area contributed by atoms with E-state index in [1.165, 1.54) is 45.2 Å². The Morgan fingerprint density at radius 2 is 1.83 bits per heavy atom. The monoisotopic (exact) mass is 245 g/mol. The van der Waals surface area contributed by atoms with E-state index in [1.807, 2.05) is 18.2 Å². The molecule has 0 spiro atoms. The van der Waals surface area contributed by atoms with Gasteiger partial charge in [0.15, 0.2) is 0 Å². The highest BCUT2D eigenvalue weighted by Crippen LogP contribution is 2.31. The van der Waals surface area contributed by atoms with E-state index in [1.54, 1.807) is 0 Å². The summed E-state index contributed by atoms with van der Waals surface area (Å²) < 4.78 is 5.97. The molecule has 0 aromatic heterocycles. The van der Waals surface area contributed by atoms with Crippen LogP contribution in [0.4, 0.5) is 0 Å². The Balaban J connectivity index is 1.58. The summed E-state index contributed by atoms with van der Waals surface area (Å²) in [6.07, 6.45) is 6.86. The highest BCUT2D eigenvalue weighted by Gasteiger charge is 2.33. The minimum Gasteiger partial charge on any atom is -0.493 e. The molecule has 3 rings (SSSR count). The number of fused-ring (bicyclic) bond motifs is 1. The number of para-hydroxylation sites is 1. The van der Waals surface area contributed by atoms with Crippen LogP contribution in [-0.4, -0.2) is 30.6 Å². The van der Waals surface area contributed by atoms with Crippen molar-refractivity contribution >= 4 is 0 Å². The number of ether oxygens (including phenoxy) is 1. The molecule has 2 aliphatic heterocycles. The van der Waals surface area contributed by atoms with Crippen molar-refractivity contribution in [1.82, 2.24) is 4.90 Å². The molecule has 0 saturated carbocycles. The fourth-order valence-corrected chi connectivity index (χ4v) is 3.49. The van der Waals surface area contributed by atoms with Crippen LogP contribution in [-0.2, 0) is 0 Å². The summed E-state index contributed by atoms with van der Waals surface area (Å²) in [5.74, 6) is 1.75. The molecule has 0 N–H and O–H groups in total. The fraction of sp³-hybridized carbons (Fsp3) is 0.625. The zero-order chi connectivity index (χ0) is 12.2. The number of hydrogen-bond donors (Lipinski definition) is 0. The van der Waals surface area contributed by atoms with E-state index < -0.39 is 0 Å². The molecular formula is C16H23NO. The summed E-state index contributed by atoms with van der Waals surface area (Å²) in [6, 6.07) is 11.0. The maximum Gasteiger partial charge on any atom is 0.119 e. The number of benzene rings is 1. The summed E-state index contributed by atoms with van der Waals surface area (Å²) in [6.45, 7) is 3.52. The van der Waals surface area contributed by atoms with Crippen LogP contribution in [0.15, 0.2) is 30.3 Å². The standard InChI is InChI=1S/C16H23NO/c1-2-8-15(9-3-1)18-13-14-7-6-12-17-11-5-4-10-16(14)17/h1-3,8-9,14,16H,4-7,10-13H2.